The third-order valence-electron chi connectivity index (χ3n) is 2.17. The van der Waals surface area contributed by atoms with Crippen molar-refractivity contribution in [1.29, 1.82) is 0 Å². The number of methoxy groups -OCH3 is 2. The van der Waals surface area contributed by atoms with Crippen molar-refractivity contribution >= 4 is 0 Å². The summed E-state index contributed by atoms with van der Waals surface area (Å²) in [5.74, 6) is 0. The molecule has 0 aliphatic carbocycles. The average molecular weight is 174 g/mol. The molecule has 0 N–H and O–H groups in total. The summed E-state index contributed by atoms with van der Waals surface area (Å²) in [5, 5.41) is 0. The lowest BCUT2D eigenvalue weighted by Gasteiger charge is -2.23. The summed E-state index contributed by atoms with van der Waals surface area (Å²) in [7, 11) is 3.53. The van der Waals surface area contributed by atoms with Crippen LogP contribution in [0.5, 0.6) is 0 Å². The van der Waals surface area contributed by atoms with Crippen molar-refractivity contribution in [3.8, 4) is 0 Å². The zero-order valence-corrected chi connectivity index (χ0v) is 8.80. The van der Waals surface area contributed by atoms with Crippen molar-refractivity contribution in [2.24, 2.45) is 0 Å². The molecule has 74 valence electrons. The van der Waals surface area contributed by atoms with Gasteiger partial charge < -0.3 is 9.47 Å². The van der Waals surface area contributed by atoms with E-state index in [1.807, 2.05) is 0 Å². The van der Waals surface area contributed by atoms with E-state index in [0.29, 0.717) is 0 Å². The van der Waals surface area contributed by atoms with Crippen LogP contribution in [-0.2, 0) is 9.47 Å². The summed E-state index contributed by atoms with van der Waals surface area (Å²) in [4.78, 5) is 0. The van der Waals surface area contributed by atoms with E-state index in [2.05, 4.69) is 13.8 Å². The second kappa shape index (κ2) is 7.56. The van der Waals surface area contributed by atoms with Crippen molar-refractivity contribution < 1.29 is 9.47 Å². The van der Waals surface area contributed by atoms with Crippen molar-refractivity contribution in [2.45, 2.75) is 51.7 Å². The van der Waals surface area contributed by atoms with Crippen LogP contribution in [0.4, 0.5) is 0 Å². The molecule has 0 aromatic rings. The molecule has 2 nitrogen and oxygen atoms in total. The molecule has 2 unspecified atom stereocenters. The molecule has 0 fully saturated rings. The van der Waals surface area contributed by atoms with Crippen molar-refractivity contribution in [3.05, 3.63) is 0 Å². The second-order valence-corrected chi connectivity index (χ2v) is 3.13. The molecular weight excluding hydrogens is 152 g/mol. The predicted octanol–water partition coefficient (Wildman–Crippen LogP) is 2.62. The van der Waals surface area contributed by atoms with Crippen LogP contribution in [-0.4, -0.2) is 26.4 Å². The lowest BCUT2D eigenvalue weighted by atomic mass is 10.0. The number of hydrogen-bond donors (Lipinski definition) is 0. The van der Waals surface area contributed by atoms with Gasteiger partial charge in [-0.15, -0.1) is 0 Å². The topological polar surface area (TPSA) is 18.5 Å². The van der Waals surface area contributed by atoms with Crippen LogP contribution in [0.3, 0.4) is 0 Å². The van der Waals surface area contributed by atoms with Crippen LogP contribution in [0, 0.1) is 0 Å². The molecule has 0 saturated carbocycles. The molecule has 0 rings (SSSR count). The molecule has 0 heterocycles. The van der Waals surface area contributed by atoms with Crippen LogP contribution < -0.4 is 0 Å². The van der Waals surface area contributed by atoms with Crippen LogP contribution in [0.15, 0.2) is 0 Å². The molecule has 0 radical (unpaired) electrons. The Morgan fingerprint density at radius 2 is 1.17 bits per heavy atom. The Bertz CT molecular complexity index is 81.8. The van der Waals surface area contributed by atoms with E-state index in [4.69, 9.17) is 9.47 Å². The molecule has 0 saturated heterocycles. The summed E-state index contributed by atoms with van der Waals surface area (Å²) in [6.07, 6.45) is 5.05. The molecule has 12 heavy (non-hydrogen) atoms. The minimum atomic E-state index is 0.278. The van der Waals surface area contributed by atoms with Gasteiger partial charge in [0, 0.05) is 14.2 Å². The third kappa shape index (κ3) is 4.07. The summed E-state index contributed by atoms with van der Waals surface area (Å²) in [6, 6.07) is 0. The standard InChI is InChI=1S/C10H22O2/c1-5-7-9(11-3)10(12-4)8-6-2/h9-10H,5-8H2,1-4H3. The highest BCUT2D eigenvalue weighted by Gasteiger charge is 2.18. The zero-order chi connectivity index (χ0) is 9.40. The van der Waals surface area contributed by atoms with Gasteiger partial charge in [0.25, 0.3) is 0 Å². The molecule has 2 heteroatoms. The third-order valence-corrected chi connectivity index (χ3v) is 2.17. The van der Waals surface area contributed by atoms with Gasteiger partial charge >= 0.3 is 0 Å². The maximum absolute atomic E-state index is 5.37. The highest BCUT2D eigenvalue weighted by atomic mass is 16.5. The fraction of sp³-hybridized carbons (Fsp3) is 1.00. The molecule has 0 aromatic heterocycles. The molecular formula is C10H22O2. The van der Waals surface area contributed by atoms with Gasteiger partial charge in [0.2, 0.25) is 0 Å². The van der Waals surface area contributed by atoms with Gasteiger partial charge in [-0.2, -0.15) is 0 Å². The predicted molar refractivity (Wildman–Crippen MR) is 51.4 cm³/mol. The maximum atomic E-state index is 5.37. The quantitative estimate of drug-likeness (QED) is 0.590. The molecule has 0 spiro atoms. The van der Waals surface area contributed by atoms with E-state index in [-0.39, 0.29) is 12.2 Å². The number of rotatable bonds is 7. The molecule has 0 aliphatic heterocycles. The van der Waals surface area contributed by atoms with E-state index in [1.54, 1.807) is 14.2 Å². The fourth-order valence-electron chi connectivity index (χ4n) is 1.48. The first-order valence-corrected chi connectivity index (χ1v) is 4.85. The van der Waals surface area contributed by atoms with Crippen molar-refractivity contribution in [1.82, 2.24) is 0 Å². The first kappa shape index (κ1) is 11.9. The van der Waals surface area contributed by atoms with E-state index in [0.717, 1.165) is 25.7 Å². The minimum absolute atomic E-state index is 0.278. The van der Waals surface area contributed by atoms with Gasteiger partial charge in [-0.3, -0.25) is 0 Å². The monoisotopic (exact) mass is 174 g/mol. The first-order valence-electron chi connectivity index (χ1n) is 4.85. The van der Waals surface area contributed by atoms with E-state index in [9.17, 15) is 0 Å². The highest BCUT2D eigenvalue weighted by molar-refractivity contribution is 4.69. The fourth-order valence-corrected chi connectivity index (χ4v) is 1.48. The Morgan fingerprint density at radius 1 is 0.833 bits per heavy atom. The summed E-state index contributed by atoms with van der Waals surface area (Å²) >= 11 is 0. The first-order chi connectivity index (χ1) is 5.79. The van der Waals surface area contributed by atoms with Gasteiger partial charge in [0.1, 0.15) is 0 Å². The van der Waals surface area contributed by atoms with E-state index in [1.165, 1.54) is 0 Å². The maximum Gasteiger partial charge on any atom is 0.0832 e. The summed E-state index contributed by atoms with van der Waals surface area (Å²) in [6.45, 7) is 4.34. The van der Waals surface area contributed by atoms with Crippen LogP contribution >= 0.6 is 0 Å². The van der Waals surface area contributed by atoms with Crippen LogP contribution in [0.2, 0.25) is 0 Å². The molecule has 0 aromatic carbocycles. The largest absolute Gasteiger partial charge is 0.379 e. The molecule has 0 bridgehead atoms. The molecule has 2 atom stereocenters. The van der Waals surface area contributed by atoms with Gasteiger partial charge in [-0.25, -0.2) is 0 Å². The van der Waals surface area contributed by atoms with Gasteiger partial charge in [-0.05, 0) is 12.8 Å². The Balaban J connectivity index is 3.84. The van der Waals surface area contributed by atoms with Crippen molar-refractivity contribution in [3.63, 3.8) is 0 Å². The van der Waals surface area contributed by atoms with Crippen LogP contribution in [0.25, 0.3) is 0 Å². The van der Waals surface area contributed by atoms with E-state index < -0.39 is 0 Å². The minimum Gasteiger partial charge on any atom is -0.379 e. The zero-order valence-electron chi connectivity index (χ0n) is 8.80. The molecule has 0 aliphatic rings. The number of ether oxygens (including phenoxy) is 2. The van der Waals surface area contributed by atoms with E-state index >= 15 is 0 Å². The van der Waals surface area contributed by atoms with Crippen LogP contribution in [0.1, 0.15) is 39.5 Å². The highest BCUT2D eigenvalue weighted by Crippen LogP contribution is 2.13. The Morgan fingerprint density at radius 3 is 1.33 bits per heavy atom. The van der Waals surface area contributed by atoms with Gasteiger partial charge in [0.15, 0.2) is 0 Å². The summed E-state index contributed by atoms with van der Waals surface area (Å²) < 4.78 is 10.7. The Hall–Kier alpha value is -0.0800. The lowest BCUT2D eigenvalue weighted by Crippen LogP contribution is -2.29. The second-order valence-electron chi connectivity index (χ2n) is 3.13. The molecule has 0 amide bonds. The van der Waals surface area contributed by atoms with Gasteiger partial charge in [-0.1, -0.05) is 26.7 Å². The van der Waals surface area contributed by atoms with Crippen molar-refractivity contribution in [2.75, 3.05) is 14.2 Å². The Kier molecular flexibility index (Phi) is 7.51. The summed E-state index contributed by atoms with van der Waals surface area (Å²) in [5.41, 5.74) is 0. The van der Waals surface area contributed by atoms with Gasteiger partial charge in [0.05, 0.1) is 12.2 Å². The smallest absolute Gasteiger partial charge is 0.0832 e. The lowest BCUT2D eigenvalue weighted by molar-refractivity contribution is -0.0435. The SMILES string of the molecule is CCCC(OC)C(CCC)OC. The Labute approximate surface area is 76.3 Å². The number of hydrogen-bond acceptors (Lipinski definition) is 2. The average Bonchev–Trinajstić information content (AvgIpc) is 2.11. The normalized spacial score (nSPS) is 16.0.